The van der Waals surface area contributed by atoms with E-state index in [0.29, 0.717) is 29.1 Å². The highest BCUT2D eigenvalue weighted by molar-refractivity contribution is 7.98. The van der Waals surface area contributed by atoms with Gasteiger partial charge < -0.3 is 10.6 Å². The Balaban J connectivity index is 0.00000261. The van der Waals surface area contributed by atoms with Crippen LogP contribution in [0.5, 0.6) is 0 Å². The summed E-state index contributed by atoms with van der Waals surface area (Å²) < 4.78 is 26.9. The fraction of sp³-hybridized carbons (Fsp3) is 0.316. The second-order valence-electron chi connectivity index (χ2n) is 6.20. The summed E-state index contributed by atoms with van der Waals surface area (Å²) in [6.45, 7) is 1.30. The molecule has 1 aliphatic heterocycles. The average molecular weight is 433 g/mol. The zero-order chi connectivity index (χ0) is 18.7. The van der Waals surface area contributed by atoms with Crippen molar-refractivity contribution in [1.82, 2.24) is 10.6 Å². The van der Waals surface area contributed by atoms with Gasteiger partial charge in [-0.2, -0.15) is 0 Å². The van der Waals surface area contributed by atoms with Gasteiger partial charge in [0.1, 0.15) is 0 Å². The van der Waals surface area contributed by atoms with Gasteiger partial charge >= 0.3 is 0 Å². The van der Waals surface area contributed by atoms with Gasteiger partial charge in [-0.25, -0.2) is 8.78 Å². The number of benzene rings is 2. The second kappa shape index (κ2) is 9.73. The molecule has 2 N–H and O–H groups in total. The van der Waals surface area contributed by atoms with E-state index in [9.17, 15) is 13.6 Å². The van der Waals surface area contributed by atoms with E-state index < -0.39 is 11.6 Å². The van der Waals surface area contributed by atoms with Crippen molar-refractivity contribution in [3.05, 3.63) is 64.2 Å². The third-order valence-corrected chi connectivity index (χ3v) is 5.64. The van der Waals surface area contributed by atoms with Crippen LogP contribution in [-0.4, -0.2) is 31.3 Å². The zero-order valence-corrected chi connectivity index (χ0v) is 17.0. The molecule has 0 saturated carbocycles. The first-order valence-corrected chi connectivity index (χ1v) is 9.90. The minimum atomic E-state index is -0.873. The molecule has 0 aromatic heterocycles. The normalized spacial score (nSPS) is 19.3. The fourth-order valence-electron chi connectivity index (χ4n) is 3.20. The first-order valence-electron chi connectivity index (χ1n) is 8.29. The lowest BCUT2D eigenvalue weighted by Crippen LogP contribution is -2.50. The van der Waals surface area contributed by atoms with E-state index in [2.05, 4.69) is 10.6 Å². The van der Waals surface area contributed by atoms with E-state index in [0.717, 1.165) is 17.5 Å². The van der Waals surface area contributed by atoms with E-state index >= 15 is 0 Å². The smallest absolute Gasteiger partial charge is 0.253 e. The molecule has 2 aromatic rings. The number of hydrogen-bond donors (Lipinski definition) is 2. The quantitative estimate of drug-likeness (QED) is 0.691. The monoisotopic (exact) mass is 432 g/mol. The standard InChI is InChI=1S/C19H19ClF2N2OS.ClH/c1-26-12-3-4-15(20)14(9-12)19(25)24-18-10-23-7-6-13(18)11-2-5-16(21)17(22)8-11;/h2-5,8-9,13,18,23H,6-7,10H2,1H3,(H,24,25);1H. The molecular weight excluding hydrogens is 413 g/mol. The van der Waals surface area contributed by atoms with Crippen LogP contribution in [0.4, 0.5) is 8.78 Å². The summed E-state index contributed by atoms with van der Waals surface area (Å²) in [6, 6.07) is 9.00. The Hall–Kier alpha value is -1.34. The van der Waals surface area contributed by atoms with Crippen LogP contribution in [0, 0.1) is 11.6 Å². The van der Waals surface area contributed by atoms with Crippen LogP contribution in [0.1, 0.15) is 28.3 Å². The third-order valence-electron chi connectivity index (χ3n) is 4.59. The Labute approximate surface area is 172 Å². The Kier molecular flexibility index (Phi) is 7.91. The molecule has 1 aliphatic rings. The van der Waals surface area contributed by atoms with Crippen molar-refractivity contribution in [2.45, 2.75) is 23.3 Å². The van der Waals surface area contributed by atoms with Gasteiger partial charge in [0.15, 0.2) is 11.6 Å². The predicted octanol–water partition coefficient (Wildman–Crippen LogP) is 4.64. The van der Waals surface area contributed by atoms with Crippen molar-refractivity contribution in [2.24, 2.45) is 0 Å². The maximum Gasteiger partial charge on any atom is 0.253 e. The largest absolute Gasteiger partial charge is 0.347 e. The number of amides is 1. The van der Waals surface area contributed by atoms with Crippen molar-refractivity contribution in [3.63, 3.8) is 0 Å². The predicted molar refractivity (Wildman–Crippen MR) is 108 cm³/mol. The highest BCUT2D eigenvalue weighted by Crippen LogP contribution is 2.28. The Bertz CT molecular complexity index is 822. The topological polar surface area (TPSA) is 41.1 Å². The maximum atomic E-state index is 13.6. The van der Waals surface area contributed by atoms with Crippen LogP contribution >= 0.6 is 35.8 Å². The number of halogens is 4. The molecule has 0 aliphatic carbocycles. The van der Waals surface area contributed by atoms with Gasteiger partial charge in [0.05, 0.1) is 10.6 Å². The molecule has 1 saturated heterocycles. The van der Waals surface area contributed by atoms with Gasteiger partial charge in [0, 0.05) is 23.4 Å². The molecule has 2 aromatic carbocycles. The van der Waals surface area contributed by atoms with Crippen LogP contribution in [-0.2, 0) is 0 Å². The highest BCUT2D eigenvalue weighted by atomic mass is 35.5. The summed E-state index contributed by atoms with van der Waals surface area (Å²) in [7, 11) is 0. The number of carbonyl (C=O) groups excluding carboxylic acids is 1. The number of carbonyl (C=O) groups is 1. The molecule has 146 valence electrons. The number of piperidine rings is 1. The summed E-state index contributed by atoms with van der Waals surface area (Å²) in [5.41, 5.74) is 1.09. The lowest BCUT2D eigenvalue weighted by molar-refractivity contribution is 0.0924. The molecule has 2 atom stereocenters. The van der Waals surface area contributed by atoms with Crippen molar-refractivity contribution in [2.75, 3.05) is 19.3 Å². The highest BCUT2D eigenvalue weighted by Gasteiger charge is 2.29. The lowest BCUT2D eigenvalue weighted by Gasteiger charge is -2.33. The number of nitrogens with one attached hydrogen (secondary N) is 2. The van der Waals surface area contributed by atoms with Crippen LogP contribution < -0.4 is 10.6 Å². The van der Waals surface area contributed by atoms with Crippen molar-refractivity contribution >= 4 is 41.7 Å². The van der Waals surface area contributed by atoms with E-state index in [1.807, 2.05) is 12.3 Å². The SMILES string of the molecule is CSc1ccc(Cl)c(C(=O)NC2CNCCC2c2ccc(F)c(F)c2)c1.Cl. The molecule has 0 spiro atoms. The van der Waals surface area contributed by atoms with Crippen LogP contribution in [0.25, 0.3) is 0 Å². The number of hydrogen-bond acceptors (Lipinski definition) is 3. The van der Waals surface area contributed by atoms with Crippen molar-refractivity contribution in [1.29, 1.82) is 0 Å². The average Bonchev–Trinajstić information content (AvgIpc) is 2.65. The van der Waals surface area contributed by atoms with Gasteiger partial charge in [0.2, 0.25) is 0 Å². The molecular formula is C19H20Cl2F2N2OS. The van der Waals surface area contributed by atoms with Crippen molar-refractivity contribution in [3.8, 4) is 0 Å². The second-order valence-corrected chi connectivity index (χ2v) is 7.49. The summed E-state index contributed by atoms with van der Waals surface area (Å²) >= 11 is 7.71. The van der Waals surface area contributed by atoms with Crippen LogP contribution in [0.2, 0.25) is 5.02 Å². The maximum absolute atomic E-state index is 13.6. The van der Waals surface area contributed by atoms with E-state index in [1.165, 1.54) is 17.8 Å². The molecule has 0 bridgehead atoms. The van der Waals surface area contributed by atoms with E-state index in [-0.39, 0.29) is 30.3 Å². The van der Waals surface area contributed by atoms with E-state index in [1.54, 1.807) is 18.2 Å². The number of thioether (sulfide) groups is 1. The molecule has 1 amide bonds. The molecule has 3 nitrogen and oxygen atoms in total. The van der Waals surface area contributed by atoms with E-state index in [4.69, 9.17) is 11.6 Å². The minimum Gasteiger partial charge on any atom is -0.347 e. The first kappa shape index (κ1) is 22.0. The van der Waals surface area contributed by atoms with Gasteiger partial charge in [-0.1, -0.05) is 17.7 Å². The summed E-state index contributed by atoms with van der Waals surface area (Å²) in [4.78, 5) is 13.7. The molecule has 2 unspecified atom stereocenters. The van der Waals surface area contributed by atoms with Gasteiger partial charge in [-0.05, 0) is 55.1 Å². The zero-order valence-electron chi connectivity index (χ0n) is 14.6. The van der Waals surface area contributed by atoms with Crippen LogP contribution in [0.3, 0.4) is 0 Å². The Morgan fingerprint density at radius 3 is 2.70 bits per heavy atom. The van der Waals surface area contributed by atoms with Gasteiger partial charge in [-0.15, -0.1) is 24.2 Å². The lowest BCUT2D eigenvalue weighted by atomic mass is 9.85. The Morgan fingerprint density at radius 1 is 1.22 bits per heavy atom. The van der Waals surface area contributed by atoms with Crippen LogP contribution in [0.15, 0.2) is 41.3 Å². The van der Waals surface area contributed by atoms with Gasteiger partial charge in [-0.3, -0.25) is 4.79 Å². The molecule has 27 heavy (non-hydrogen) atoms. The molecule has 1 fully saturated rings. The summed E-state index contributed by atoms with van der Waals surface area (Å²) in [6.07, 6.45) is 2.64. The third kappa shape index (κ3) is 5.13. The molecule has 3 rings (SSSR count). The molecule has 0 radical (unpaired) electrons. The minimum absolute atomic E-state index is 0. The summed E-state index contributed by atoms with van der Waals surface area (Å²) in [5.74, 6) is -2.12. The summed E-state index contributed by atoms with van der Waals surface area (Å²) in [5, 5.41) is 6.62. The molecule has 8 heteroatoms. The fourth-order valence-corrected chi connectivity index (χ4v) is 3.85. The number of rotatable bonds is 4. The molecule has 1 heterocycles. The Morgan fingerprint density at radius 2 is 2.00 bits per heavy atom. The first-order chi connectivity index (χ1) is 12.5. The van der Waals surface area contributed by atoms with Crippen molar-refractivity contribution < 1.29 is 13.6 Å². The van der Waals surface area contributed by atoms with Gasteiger partial charge in [0.25, 0.3) is 5.91 Å².